The first-order valence-electron chi connectivity index (χ1n) is 3.71. The number of hydrogen-bond acceptors (Lipinski definition) is 1. The van der Waals surface area contributed by atoms with Crippen LogP contribution in [0.2, 0.25) is 25.7 Å². The van der Waals surface area contributed by atoms with Gasteiger partial charge < -0.3 is 6.74 Å². The zero-order valence-corrected chi connectivity index (χ0v) is 9.12. The molecule has 0 heterocycles. The van der Waals surface area contributed by atoms with Crippen molar-refractivity contribution in [2.24, 2.45) is 0 Å². The Morgan fingerprint density at radius 2 is 1.80 bits per heavy atom. The molecule has 10 heavy (non-hydrogen) atoms. The van der Waals surface area contributed by atoms with Crippen molar-refractivity contribution in [3.8, 4) is 0 Å². The second-order valence-corrected chi connectivity index (χ2v) is 9.39. The van der Waals surface area contributed by atoms with Crippen LogP contribution >= 0.6 is 0 Å². The maximum atomic E-state index is 3.16. The topological polar surface area (TPSA) is 12.0 Å². The molecule has 0 aromatic heterocycles. The zero-order valence-electron chi connectivity index (χ0n) is 9.12. The first-order chi connectivity index (χ1) is 4.06. The smallest absolute Gasteiger partial charge is 1.00 e. The van der Waals surface area contributed by atoms with Gasteiger partial charge in [-0.3, -0.25) is 0 Å². The van der Waals surface area contributed by atoms with Gasteiger partial charge in [-0.15, -0.1) is 0 Å². The summed E-state index contributed by atoms with van der Waals surface area (Å²) in [6.07, 6.45) is 1.35. The van der Waals surface area contributed by atoms with E-state index in [0.29, 0.717) is 0 Å². The second-order valence-electron chi connectivity index (χ2n) is 3.77. The quantitative estimate of drug-likeness (QED) is 0.406. The summed E-state index contributed by atoms with van der Waals surface area (Å²) >= 11 is 0. The van der Waals surface area contributed by atoms with Gasteiger partial charge in [0.15, 0.2) is 0 Å². The van der Waals surface area contributed by atoms with Gasteiger partial charge in [-0.2, -0.15) is 0 Å². The van der Waals surface area contributed by atoms with Crippen molar-refractivity contribution < 1.29 is 20.3 Å². The molecule has 0 radical (unpaired) electrons. The van der Waals surface area contributed by atoms with Crippen LogP contribution in [-0.2, 0) is 0 Å². The average molecular weight is 153 g/mol. The van der Waals surface area contributed by atoms with Crippen molar-refractivity contribution in [1.29, 1.82) is 0 Å². The summed E-state index contributed by atoms with van der Waals surface area (Å²) < 4.78 is 0. The summed E-state index contributed by atoms with van der Waals surface area (Å²) in [6, 6.07) is 1.45. The minimum Gasteiger partial charge on any atom is -1.00 e. The van der Waals surface area contributed by atoms with Crippen LogP contribution in [0, 0.1) is 0 Å². The molecule has 1 nitrogen and oxygen atoms in total. The molecule has 1 N–H and O–H groups in total. The van der Waals surface area contributed by atoms with Crippen LogP contribution in [-0.4, -0.2) is 21.7 Å². The summed E-state index contributed by atoms with van der Waals surface area (Å²) in [5, 5.41) is 3.16. The number of nitrogens with one attached hydrogen (secondary N) is 1. The predicted octanol–water partition coefficient (Wildman–Crippen LogP) is -0.949. The van der Waals surface area contributed by atoms with E-state index in [1.54, 1.807) is 0 Å². The van der Waals surface area contributed by atoms with E-state index >= 15 is 0 Å². The van der Waals surface area contributed by atoms with Crippen LogP contribution in [0.25, 0.3) is 0 Å². The molecule has 0 aromatic rings. The molecule has 0 aliphatic heterocycles. The van der Waals surface area contributed by atoms with Crippen molar-refractivity contribution in [3.05, 3.63) is 0 Å². The van der Waals surface area contributed by atoms with E-state index in [9.17, 15) is 0 Å². The van der Waals surface area contributed by atoms with Crippen molar-refractivity contribution in [2.75, 3.05) is 13.6 Å². The summed E-state index contributed by atoms with van der Waals surface area (Å²) in [7, 11) is 1.28. The second kappa shape index (κ2) is 6.48. The third kappa shape index (κ3) is 11.6. The molecule has 0 fully saturated rings. The van der Waals surface area contributed by atoms with Gasteiger partial charge in [-0.1, -0.05) is 25.7 Å². The van der Waals surface area contributed by atoms with Gasteiger partial charge >= 0.3 is 18.9 Å². The fraction of sp³-hybridized carbons (Fsp3) is 1.00. The van der Waals surface area contributed by atoms with Gasteiger partial charge in [-0.25, -0.2) is 0 Å². The minimum atomic E-state index is -0.734. The summed E-state index contributed by atoms with van der Waals surface area (Å²) in [6.45, 7) is 8.44. The molecule has 0 spiro atoms. The van der Waals surface area contributed by atoms with Crippen LogP contribution in [0.15, 0.2) is 0 Å². The Morgan fingerprint density at radius 1 is 1.30 bits per heavy atom. The van der Waals surface area contributed by atoms with Crippen LogP contribution < -0.4 is 24.2 Å². The molecule has 0 aliphatic carbocycles. The standard InChI is InChI=1S/C7H19NSi.Li.H/c1-8-6-5-7-9(2,3)4;;/h8H,5-7H2,1-4H3;;/q;+1;-1. The van der Waals surface area contributed by atoms with Gasteiger partial charge in [-0.05, 0) is 20.0 Å². The minimum absolute atomic E-state index is 0. The average Bonchev–Trinajstić information content (AvgIpc) is 1.63. The summed E-state index contributed by atoms with van der Waals surface area (Å²) in [4.78, 5) is 0. The van der Waals surface area contributed by atoms with E-state index in [-0.39, 0.29) is 20.3 Å². The summed E-state index contributed by atoms with van der Waals surface area (Å²) in [5.74, 6) is 0. The Balaban J connectivity index is -0.000000320. The first-order valence-corrected chi connectivity index (χ1v) is 7.41. The first kappa shape index (κ1) is 13.4. The van der Waals surface area contributed by atoms with E-state index in [0.717, 1.165) is 0 Å². The van der Waals surface area contributed by atoms with Gasteiger partial charge in [0.2, 0.25) is 0 Å². The van der Waals surface area contributed by atoms with E-state index in [1.165, 1.54) is 19.0 Å². The molecular weight excluding hydrogens is 133 g/mol. The normalized spacial score (nSPS) is 10.8. The number of rotatable bonds is 4. The predicted molar refractivity (Wildman–Crippen MR) is 47.8 cm³/mol. The maximum Gasteiger partial charge on any atom is 1.00 e. The van der Waals surface area contributed by atoms with Crippen molar-refractivity contribution in [3.63, 3.8) is 0 Å². The molecule has 58 valence electrons. The molecule has 0 bridgehead atoms. The molecule has 0 aliphatic rings. The Labute approximate surface area is 79.6 Å². The van der Waals surface area contributed by atoms with Crippen molar-refractivity contribution in [1.82, 2.24) is 5.32 Å². The summed E-state index contributed by atoms with van der Waals surface area (Å²) in [5.41, 5.74) is 0. The van der Waals surface area contributed by atoms with Crippen molar-refractivity contribution >= 4 is 8.07 Å². The molecule has 0 saturated carbocycles. The molecule has 0 rings (SSSR count). The number of hydrogen-bond donors (Lipinski definition) is 1. The van der Waals surface area contributed by atoms with Gasteiger partial charge in [0, 0.05) is 8.07 Å². The van der Waals surface area contributed by atoms with E-state index in [4.69, 9.17) is 0 Å². The molecule has 0 aromatic carbocycles. The van der Waals surface area contributed by atoms with Gasteiger partial charge in [0.05, 0.1) is 0 Å². The molecule has 3 heteroatoms. The third-order valence-corrected chi connectivity index (χ3v) is 3.21. The van der Waals surface area contributed by atoms with Crippen LogP contribution in [0.1, 0.15) is 7.85 Å². The molecule has 0 amide bonds. The molecular formula is C7H20LiNSi. The maximum absolute atomic E-state index is 3.16. The zero-order chi connectivity index (χ0) is 7.33. The fourth-order valence-electron chi connectivity index (χ4n) is 0.795. The van der Waals surface area contributed by atoms with Crippen LogP contribution in [0.5, 0.6) is 0 Å². The van der Waals surface area contributed by atoms with Gasteiger partial charge in [0.25, 0.3) is 0 Å². The van der Waals surface area contributed by atoms with Crippen LogP contribution in [0.3, 0.4) is 0 Å². The van der Waals surface area contributed by atoms with E-state index in [2.05, 4.69) is 25.0 Å². The fourth-order valence-corrected chi connectivity index (χ4v) is 2.03. The van der Waals surface area contributed by atoms with Gasteiger partial charge in [0.1, 0.15) is 0 Å². The third-order valence-electron chi connectivity index (χ3n) is 1.35. The molecule has 0 saturated heterocycles. The molecule has 0 atom stereocenters. The Morgan fingerprint density at radius 3 is 2.10 bits per heavy atom. The SMILES string of the molecule is CNCCC[Si](C)(C)C.[H-].[Li+]. The Hall–Kier alpha value is 0.774. The monoisotopic (exact) mass is 153 g/mol. The van der Waals surface area contributed by atoms with E-state index < -0.39 is 8.07 Å². The molecule has 0 unspecified atom stereocenters. The Kier molecular flexibility index (Phi) is 8.67. The largest absolute Gasteiger partial charge is 1.00 e. The van der Waals surface area contributed by atoms with E-state index in [1.807, 2.05) is 7.05 Å². The van der Waals surface area contributed by atoms with Crippen LogP contribution in [0.4, 0.5) is 0 Å². The Bertz CT molecular complexity index is 75.3. The van der Waals surface area contributed by atoms with Crippen molar-refractivity contribution in [2.45, 2.75) is 32.1 Å².